The van der Waals surface area contributed by atoms with Gasteiger partial charge in [0, 0.05) is 23.2 Å². The summed E-state index contributed by atoms with van der Waals surface area (Å²) in [5.41, 5.74) is 7.71. The third-order valence-corrected chi connectivity index (χ3v) is 3.92. The number of amides is 1. The summed E-state index contributed by atoms with van der Waals surface area (Å²) in [6, 6.07) is 5.73. The molecule has 0 saturated carbocycles. The van der Waals surface area contributed by atoms with Gasteiger partial charge in [-0.05, 0) is 31.5 Å². The summed E-state index contributed by atoms with van der Waals surface area (Å²) >= 11 is 3.39. The molecule has 3 N–H and O–H groups in total. The van der Waals surface area contributed by atoms with Crippen LogP contribution in [0.5, 0.6) is 0 Å². The maximum absolute atomic E-state index is 12.0. The Kier molecular flexibility index (Phi) is 5.79. The number of morpholine rings is 1. The van der Waals surface area contributed by atoms with Crippen LogP contribution in [0.2, 0.25) is 0 Å². The molecule has 1 saturated heterocycles. The van der Waals surface area contributed by atoms with Crippen molar-refractivity contribution in [1.29, 1.82) is 0 Å². The molecule has 1 aromatic carbocycles. The Bertz CT molecular complexity index is 577. The standard InChI is InChI=1S/C15H21BrN4O2/c1-10-3-4-12(16)7-13(10)19-14(21)8-18-15(17)20-5-6-22-11(2)9-20/h3-4,7,11H,5-6,8-9H2,1-2H3,(H2,17,18)(H,19,21). The molecular formula is C15H21BrN4O2. The number of rotatable bonds is 3. The van der Waals surface area contributed by atoms with Crippen molar-refractivity contribution in [2.75, 3.05) is 31.6 Å². The zero-order valence-electron chi connectivity index (χ0n) is 12.8. The molecule has 6 nitrogen and oxygen atoms in total. The fraction of sp³-hybridized carbons (Fsp3) is 0.467. The summed E-state index contributed by atoms with van der Waals surface area (Å²) < 4.78 is 6.37. The van der Waals surface area contributed by atoms with E-state index in [1.54, 1.807) is 0 Å². The van der Waals surface area contributed by atoms with Crippen LogP contribution in [-0.2, 0) is 9.53 Å². The normalized spacial score (nSPS) is 19.1. The number of anilines is 1. The van der Waals surface area contributed by atoms with Gasteiger partial charge in [-0.3, -0.25) is 4.79 Å². The van der Waals surface area contributed by atoms with Gasteiger partial charge < -0.3 is 20.7 Å². The Morgan fingerprint density at radius 2 is 2.36 bits per heavy atom. The number of nitrogens with zero attached hydrogens (tertiary/aromatic N) is 2. The van der Waals surface area contributed by atoms with Crippen LogP contribution in [0.3, 0.4) is 0 Å². The Morgan fingerprint density at radius 1 is 1.59 bits per heavy atom. The zero-order valence-corrected chi connectivity index (χ0v) is 14.4. The lowest BCUT2D eigenvalue weighted by atomic mass is 10.2. The molecule has 0 radical (unpaired) electrons. The number of halogens is 1. The quantitative estimate of drug-likeness (QED) is 0.628. The van der Waals surface area contributed by atoms with Crippen LogP contribution in [0.1, 0.15) is 12.5 Å². The van der Waals surface area contributed by atoms with E-state index in [1.807, 2.05) is 36.9 Å². The number of carbonyl (C=O) groups excluding carboxylic acids is 1. The molecule has 120 valence electrons. The number of aliphatic imine (C=N–C) groups is 1. The maximum atomic E-state index is 12.0. The number of hydrogen-bond donors (Lipinski definition) is 2. The minimum Gasteiger partial charge on any atom is -0.375 e. The fourth-order valence-electron chi connectivity index (χ4n) is 2.20. The average molecular weight is 369 g/mol. The van der Waals surface area contributed by atoms with E-state index in [9.17, 15) is 4.79 Å². The Labute approximate surface area is 138 Å². The SMILES string of the molecule is Cc1ccc(Br)cc1NC(=O)CN=C(N)N1CCOC(C)C1. The summed E-state index contributed by atoms with van der Waals surface area (Å²) in [7, 11) is 0. The van der Waals surface area contributed by atoms with E-state index in [2.05, 4.69) is 26.2 Å². The molecule has 0 aromatic heterocycles. The second-order valence-electron chi connectivity index (χ2n) is 5.31. The van der Waals surface area contributed by atoms with Crippen molar-refractivity contribution in [1.82, 2.24) is 4.90 Å². The molecule has 1 aromatic rings. The minimum absolute atomic E-state index is 0.00350. The lowest BCUT2D eigenvalue weighted by Crippen LogP contribution is -2.48. The summed E-state index contributed by atoms with van der Waals surface area (Å²) in [5.74, 6) is 0.196. The first-order valence-electron chi connectivity index (χ1n) is 7.18. The van der Waals surface area contributed by atoms with Crippen molar-refractivity contribution in [3.05, 3.63) is 28.2 Å². The highest BCUT2D eigenvalue weighted by Gasteiger charge is 2.18. The number of ether oxygens (including phenoxy) is 1. The van der Waals surface area contributed by atoms with Crippen LogP contribution in [0.15, 0.2) is 27.7 Å². The summed E-state index contributed by atoms with van der Waals surface area (Å²) in [4.78, 5) is 18.1. The van der Waals surface area contributed by atoms with E-state index in [-0.39, 0.29) is 18.6 Å². The third-order valence-electron chi connectivity index (χ3n) is 3.42. The van der Waals surface area contributed by atoms with Crippen LogP contribution >= 0.6 is 15.9 Å². The Morgan fingerprint density at radius 3 is 3.09 bits per heavy atom. The van der Waals surface area contributed by atoms with Crippen molar-refractivity contribution >= 4 is 33.5 Å². The van der Waals surface area contributed by atoms with Gasteiger partial charge in [-0.2, -0.15) is 0 Å². The second kappa shape index (κ2) is 7.60. The molecular weight excluding hydrogens is 348 g/mol. The van der Waals surface area contributed by atoms with E-state index in [1.165, 1.54) is 0 Å². The summed E-state index contributed by atoms with van der Waals surface area (Å²) in [6.45, 7) is 5.95. The molecule has 1 aliphatic heterocycles. The largest absolute Gasteiger partial charge is 0.375 e. The van der Waals surface area contributed by atoms with E-state index >= 15 is 0 Å². The Hall–Kier alpha value is -1.60. The van der Waals surface area contributed by atoms with Crippen LogP contribution in [-0.4, -0.2) is 49.1 Å². The predicted molar refractivity (Wildman–Crippen MR) is 91.0 cm³/mol. The van der Waals surface area contributed by atoms with Gasteiger partial charge >= 0.3 is 0 Å². The molecule has 1 heterocycles. The highest BCUT2D eigenvalue weighted by Crippen LogP contribution is 2.20. The van der Waals surface area contributed by atoms with Gasteiger partial charge in [0.15, 0.2) is 5.96 Å². The highest BCUT2D eigenvalue weighted by molar-refractivity contribution is 9.10. The third kappa shape index (κ3) is 4.71. The van der Waals surface area contributed by atoms with E-state index in [0.29, 0.717) is 25.7 Å². The van der Waals surface area contributed by atoms with Crippen molar-refractivity contribution in [2.45, 2.75) is 20.0 Å². The number of hydrogen-bond acceptors (Lipinski definition) is 3. The van der Waals surface area contributed by atoms with Crippen molar-refractivity contribution < 1.29 is 9.53 Å². The van der Waals surface area contributed by atoms with E-state index < -0.39 is 0 Å². The number of carbonyl (C=O) groups is 1. The van der Waals surface area contributed by atoms with Gasteiger partial charge in [-0.1, -0.05) is 22.0 Å². The number of aryl methyl sites for hydroxylation is 1. The van der Waals surface area contributed by atoms with Crippen molar-refractivity contribution in [2.24, 2.45) is 10.7 Å². The minimum atomic E-state index is -0.189. The van der Waals surface area contributed by atoms with Gasteiger partial charge in [0.05, 0.1) is 12.7 Å². The first kappa shape index (κ1) is 16.8. The molecule has 0 spiro atoms. The fourth-order valence-corrected chi connectivity index (χ4v) is 2.56. The predicted octanol–water partition coefficient (Wildman–Crippen LogP) is 1.73. The number of benzene rings is 1. The lowest BCUT2D eigenvalue weighted by Gasteiger charge is -2.31. The molecule has 1 aliphatic rings. The van der Waals surface area contributed by atoms with Crippen LogP contribution in [0.25, 0.3) is 0 Å². The van der Waals surface area contributed by atoms with Gasteiger partial charge in [-0.25, -0.2) is 4.99 Å². The monoisotopic (exact) mass is 368 g/mol. The zero-order chi connectivity index (χ0) is 16.1. The second-order valence-corrected chi connectivity index (χ2v) is 6.22. The summed E-state index contributed by atoms with van der Waals surface area (Å²) in [5, 5.41) is 2.84. The van der Waals surface area contributed by atoms with E-state index in [4.69, 9.17) is 10.5 Å². The highest BCUT2D eigenvalue weighted by atomic mass is 79.9. The molecule has 1 unspecified atom stereocenters. The lowest BCUT2D eigenvalue weighted by molar-refractivity contribution is -0.114. The molecule has 1 fully saturated rings. The van der Waals surface area contributed by atoms with Crippen molar-refractivity contribution in [3.8, 4) is 0 Å². The van der Waals surface area contributed by atoms with Gasteiger partial charge in [0.1, 0.15) is 6.54 Å². The molecule has 7 heteroatoms. The van der Waals surface area contributed by atoms with Crippen LogP contribution in [0, 0.1) is 6.92 Å². The molecule has 2 rings (SSSR count). The first-order chi connectivity index (χ1) is 10.5. The van der Waals surface area contributed by atoms with Crippen LogP contribution < -0.4 is 11.1 Å². The van der Waals surface area contributed by atoms with Crippen LogP contribution in [0.4, 0.5) is 5.69 Å². The van der Waals surface area contributed by atoms with Gasteiger partial charge in [0.2, 0.25) is 5.91 Å². The smallest absolute Gasteiger partial charge is 0.246 e. The average Bonchev–Trinajstić information content (AvgIpc) is 2.48. The first-order valence-corrected chi connectivity index (χ1v) is 7.97. The number of nitrogens with two attached hydrogens (primary N) is 1. The van der Waals surface area contributed by atoms with E-state index in [0.717, 1.165) is 15.7 Å². The maximum Gasteiger partial charge on any atom is 0.246 e. The number of nitrogens with one attached hydrogen (secondary N) is 1. The van der Waals surface area contributed by atoms with Gasteiger partial charge in [0.25, 0.3) is 0 Å². The molecule has 22 heavy (non-hydrogen) atoms. The molecule has 1 amide bonds. The van der Waals surface area contributed by atoms with Crippen molar-refractivity contribution in [3.63, 3.8) is 0 Å². The Balaban J connectivity index is 1.91. The molecule has 0 aliphatic carbocycles. The molecule has 0 bridgehead atoms. The summed E-state index contributed by atoms with van der Waals surface area (Å²) in [6.07, 6.45) is 0.126. The topological polar surface area (TPSA) is 80.0 Å². The molecule has 1 atom stereocenters. The van der Waals surface area contributed by atoms with Gasteiger partial charge in [-0.15, -0.1) is 0 Å². The number of guanidine groups is 1.